The van der Waals surface area contributed by atoms with E-state index in [0.717, 1.165) is 0 Å². The number of likely N-dealkylation sites (N-methyl/N-ethyl adjacent to an activating group) is 1. The smallest absolute Gasteiger partial charge is 0.320 e. The molecule has 0 heterocycles. The predicted molar refractivity (Wildman–Crippen MR) is 90.1 cm³/mol. The van der Waals surface area contributed by atoms with E-state index in [2.05, 4.69) is 5.32 Å². The summed E-state index contributed by atoms with van der Waals surface area (Å²) in [5, 5.41) is 11.5. The Labute approximate surface area is 141 Å². The number of halogens is 1. The second-order valence-corrected chi connectivity index (χ2v) is 5.25. The van der Waals surface area contributed by atoms with Crippen molar-refractivity contribution in [2.45, 2.75) is 13.0 Å². The van der Waals surface area contributed by atoms with E-state index in [4.69, 9.17) is 5.11 Å². The highest BCUT2D eigenvalue weighted by atomic mass is 35.5. The molecule has 0 saturated carbocycles. The highest BCUT2D eigenvalue weighted by Crippen LogP contribution is 2.11. The average Bonchev–Trinajstić information content (AvgIpc) is 2.45. The van der Waals surface area contributed by atoms with Crippen LogP contribution in [0.15, 0.2) is 24.3 Å². The summed E-state index contributed by atoms with van der Waals surface area (Å²) >= 11 is 0. The van der Waals surface area contributed by atoms with Crippen LogP contribution < -0.4 is 5.32 Å². The molecule has 2 amide bonds. The third kappa shape index (κ3) is 6.25. The lowest BCUT2D eigenvalue weighted by atomic mass is 10.2. The molecule has 1 aromatic carbocycles. The minimum Gasteiger partial charge on any atom is -0.480 e. The van der Waals surface area contributed by atoms with Crippen LogP contribution in [-0.2, 0) is 9.59 Å². The van der Waals surface area contributed by atoms with Crippen molar-refractivity contribution in [3.05, 3.63) is 29.8 Å². The zero-order valence-electron chi connectivity index (χ0n) is 13.6. The van der Waals surface area contributed by atoms with Gasteiger partial charge in [0.25, 0.3) is 5.91 Å². The summed E-state index contributed by atoms with van der Waals surface area (Å²) in [6.07, 6.45) is 0. The van der Waals surface area contributed by atoms with E-state index in [-0.39, 0.29) is 30.8 Å². The van der Waals surface area contributed by atoms with Gasteiger partial charge >= 0.3 is 5.97 Å². The summed E-state index contributed by atoms with van der Waals surface area (Å²) in [5.74, 6) is -1.42. The van der Waals surface area contributed by atoms with E-state index in [1.165, 1.54) is 16.7 Å². The number of anilines is 1. The Morgan fingerprint density at radius 1 is 1.13 bits per heavy atom. The maximum Gasteiger partial charge on any atom is 0.320 e. The molecule has 1 aromatic rings. The van der Waals surface area contributed by atoms with Crippen LogP contribution in [0.5, 0.6) is 0 Å². The summed E-state index contributed by atoms with van der Waals surface area (Å²) in [6, 6.07) is 5.78. The zero-order valence-corrected chi connectivity index (χ0v) is 14.4. The SMILES string of the molecule is CC(C(=O)O)N(C)CC(=O)Nc1ccc(C(=O)N(C)C)cc1.Cl. The fourth-order valence-electron chi connectivity index (χ4n) is 1.71. The molecule has 1 atom stereocenters. The number of rotatable bonds is 6. The number of carboxylic acids is 1. The normalized spacial score (nSPS) is 11.3. The first-order chi connectivity index (χ1) is 10.2. The van der Waals surface area contributed by atoms with Crippen molar-refractivity contribution in [1.82, 2.24) is 9.80 Å². The van der Waals surface area contributed by atoms with Crippen molar-refractivity contribution >= 4 is 35.9 Å². The van der Waals surface area contributed by atoms with Gasteiger partial charge in [0.1, 0.15) is 6.04 Å². The van der Waals surface area contributed by atoms with E-state index in [9.17, 15) is 14.4 Å². The highest BCUT2D eigenvalue weighted by molar-refractivity contribution is 5.96. The maximum absolute atomic E-state index is 11.9. The van der Waals surface area contributed by atoms with Gasteiger partial charge in [-0.15, -0.1) is 12.4 Å². The summed E-state index contributed by atoms with van der Waals surface area (Å²) in [6.45, 7) is 1.48. The number of hydrogen-bond acceptors (Lipinski definition) is 4. The summed E-state index contributed by atoms with van der Waals surface area (Å²) in [4.78, 5) is 37.3. The summed E-state index contributed by atoms with van der Waals surface area (Å²) < 4.78 is 0. The van der Waals surface area contributed by atoms with Gasteiger partial charge in [0.15, 0.2) is 0 Å². The second-order valence-electron chi connectivity index (χ2n) is 5.25. The molecule has 0 fully saturated rings. The molecule has 0 aliphatic heterocycles. The number of aliphatic carboxylic acids is 1. The van der Waals surface area contributed by atoms with Crippen molar-refractivity contribution in [3.63, 3.8) is 0 Å². The standard InChI is InChI=1S/C15H21N3O4.ClH/c1-10(15(21)22)18(4)9-13(19)16-12-7-5-11(6-8-12)14(20)17(2)3;/h5-8,10H,9H2,1-4H3,(H,16,19)(H,21,22);1H. The van der Waals surface area contributed by atoms with Crippen LogP contribution in [0, 0.1) is 0 Å². The Morgan fingerprint density at radius 2 is 1.65 bits per heavy atom. The second kappa shape index (κ2) is 9.12. The van der Waals surface area contributed by atoms with Crippen molar-refractivity contribution in [3.8, 4) is 0 Å². The molecule has 0 aliphatic rings. The monoisotopic (exact) mass is 343 g/mol. The topological polar surface area (TPSA) is 90.0 Å². The lowest BCUT2D eigenvalue weighted by molar-refractivity contribution is -0.142. The van der Waals surface area contributed by atoms with E-state index >= 15 is 0 Å². The van der Waals surface area contributed by atoms with Gasteiger partial charge in [-0.2, -0.15) is 0 Å². The Bertz CT molecular complexity index is 560. The van der Waals surface area contributed by atoms with Crippen molar-refractivity contribution < 1.29 is 19.5 Å². The number of carbonyl (C=O) groups excluding carboxylic acids is 2. The maximum atomic E-state index is 11.9. The van der Waals surface area contributed by atoms with Gasteiger partial charge in [0, 0.05) is 25.3 Å². The fraction of sp³-hybridized carbons (Fsp3) is 0.400. The van der Waals surface area contributed by atoms with Gasteiger partial charge in [-0.1, -0.05) is 0 Å². The van der Waals surface area contributed by atoms with E-state index in [1.54, 1.807) is 45.4 Å². The molecular formula is C15H22ClN3O4. The van der Waals surface area contributed by atoms with Crippen LogP contribution in [0.25, 0.3) is 0 Å². The van der Waals surface area contributed by atoms with Gasteiger partial charge in [-0.25, -0.2) is 0 Å². The molecule has 0 saturated heterocycles. The number of nitrogens with zero attached hydrogens (tertiary/aromatic N) is 2. The molecule has 1 unspecified atom stereocenters. The first-order valence-corrected chi connectivity index (χ1v) is 6.77. The van der Waals surface area contributed by atoms with Gasteiger partial charge in [0.05, 0.1) is 6.54 Å². The number of benzene rings is 1. The van der Waals surface area contributed by atoms with Crippen LogP contribution >= 0.6 is 12.4 Å². The molecular weight excluding hydrogens is 322 g/mol. The van der Waals surface area contributed by atoms with E-state index in [0.29, 0.717) is 11.3 Å². The largest absolute Gasteiger partial charge is 0.480 e. The molecule has 7 nitrogen and oxygen atoms in total. The minimum atomic E-state index is -0.984. The van der Waals surface area contributed by atoms with Crippen LogP contribution in [0.4, 0.5) is 5.69 Å². The number of carbonyl (C=O) groups is 3. The third-order valence-electron chi connectivity index (χ3n) is 3.23. The molecule has 0 radical (unpaired) electrons. The van der Waals surface area contributed by atoms with Crippen LogP contribution in [0.2, 0.25) is 0 Å². The predicted octanol–water partition coefficient (Wildman–Crippen LogP) is 1.15. The number of nitrogens with one attached hydrogen (secondary N) is 1. The average molecular weight is 344 g/mol. The Morgan fingerprint density at radius 3 is 2.09 bits per heavy atom. The molecule has 0 bridgehead atoms. The Kier molecular flexibility index (Phi) is 8.28. The zero-order chi connectivity index (χ0) is 16.9. The van der Waals surface area contributed by atoms with Crippen LogP contribution in [0.1, 0.15) is 17.3 Å². The number of hydrogen-bond donors (Lipinski definition) is 2. The van der Waals surface area contributed by atoms with E-state index in [1.807, 2.05) is 0 Å². The number of amides is 2. The third-order valence-corrected chi connectivity index (χ3v) is 3.23. The summed E-state index contributed by atoms with van der Waals surface area (Å²) in [5.41, 5.74) is 1.08. The quantitative estimate of drug-likeness (QED) is 0.808. The Hall–Kier alpha value is -2.12. The van der Waals surface area contributed by atoms with Gasteiger partial charge in [0.2, 0.25) is 5.91 Å². The van der Waals surface area contributed by atoms with Crippen LogP contribution in [-0.4, -0.2) is 66.4 Å². The van der Waals surface area contributed by atoms with Crippen molar-refractivity contribution in [1.29, 1.82) is 0 Å². The van der Waals surface area contributed by atoms with Gasteiger partial charge in [-0.3, -0.25) is 19.3 Å². The van der Waals surface area contributed by atoms with Gasteiger partial charge in [-0.05, 0) is 38.2 Å². The molecule has 0 aromatic heterocycles. The molecule has 128 valence electrons. The number of carboxylic acid groups (broad SMARTS) is 1. The highest BCUT2D eigenvalue weighted by Gasteiger charge is 2.19. The first kappa shape index (κ1) is 20.9. The lowest BCUT2D eigenvalue weighted by Crippen LogP contribution is -2.40. The fourth-order valence-corrected chi connectivity index (χ4v) is 1.71. The van der Waals surface area contributed by atoms with Crippen LogP contribution in [0.3, 0.4) is 0 Å². The molecule has 23 heavy (non-hydrogen) atoms. The van der Waals surface area contributed by atoms with Crippen molar-refractivity contribution in [2.24, 2.45) is 0 Å². The molecule has 8 heteroatoms. The molecule has 0 spiro atoms. The molecule has 2 N–H and O–H groups in total. The summed E-state index contributed by atoms with van der Waals surface area (Å²) in [7, 11) is 4.90. The molecule has 0 aliphatic carbocycles. The lowest BCUT2D eigenvalue weighted by Gasteiger charge is -2.20. The minimum absolute atomic E-state index is 0. The van der Waals surface area contributed by atoms with E-state index < -0.39 is 12.0 Å². The van der Waals surface area contributed by atoms with Gasteiger partial charge < -0.3 is 15.3 Å². The first-order valence-electron chi connectivity index (χ1n) is 6.77. The Balaban J connectivity index is 0.00000484. The van der Waals surface area contributed by atoms with Crippen molar-refractivity contribution in [2.75, 3.05) is 33.0 Å². The molecule has 1 rings (SSSR count).